The van der Waals surface area contributed by atoms with Crippen LogP contribution in [-0.2, 0) is 6.54 Å². The van der Waals surface area contributed by atoms with Crippen LogP contribution in [-0.4, -0.2) is 16.9 Å². The Labute approximate surface area is 111 Å². The molecule has 2 rings (SSSR count). The standard InChI is InChI=1S/C13H17N3OS/c1-4-16-13(12(14)9(2)15-16)18-11-7-5-6-10(8-11)17-3/h5-8H,4,14H2,1-3H3. The average Bonchev–Trinajstić information content (AvgIpc) is 2.67. The minimum Gasteiger partial charge on any atom is -0.497 e. The Morgan fingerprint density at radius 1 is 1.44 bits per heavy atom. The third-order valence-corrected chi connectivity index (χ3v) is 3.79. The van der Waals surface area contributed by atoms with Crippen LogP contribution in [0.25, 0.3) is 0 Å². The van der Waals surface area contributed by atoms with Crippen LogP contribution in [0.3, 0.4) is 0 Å². The van der Waals surface area contributed by atoms with Gasteiger partial charge in [-0.25, -0.2) is 0 Å². The first-order valence-electron chi connectivity index (χ1n) is 5.80. The number of anilines is 1. The third kappa shape index (κ3) is 2.46. The van der Waals surface area contributed by atoms with Gasteiger partial charge in [0, 0.05) is 11.4 Å². The van der Waals surface area contributed by atoms with Crippen molar-refractivity contribution in [3.8, 4) is 5.75 Å². The Bertz CT molecular complexity index is 551. The van der Waals surface area contributed by atoms with E-state index < -0.39 is 0 Å². The lowest BCUT2D eigenvalue weighted by molar-refractivity contribution is 0.413. The van der Waals surface area contributed by atoms with Crippen LogP contribution < -0.4 is 10.5 Å². The number of aryl methyl sites for hydroxylation is 2. The monoisotopic (exact) mass is 263 g/mol. The van der Waals surface area contributed by atoms with Crippen molar-refractivity contribution < 1.29 is 4.74 Å². The smallest absolute Gasteiger partial charge is 0.122 e. The molecule has 0 aliphatic heterocycles. The summed E-state index contributed by atoms with van der Waals surface area (Å²) in [4.78, 5) is 1.09. The van der Waals surface area contributed by atoms with Crippen LogP contribution in [0.4, 0.5) is 5.69 Å². The SMILES string of the molecule is CCn1nc(C)c(N)c1Sc1cccc(OC)c1. The van der Waals surface area contributed by atoms with Gasteiger partial charge in [-0.3, -0.25) is 4.68 Å². The maximum Gasteiger partial charge on any atom is 0.122 e. The van der Waals surface area contributed by atoms with Gasteiger partial charge in [-0.05, 0) is 32.0 Å². The molecule has 0 fully saturated rings. The summed E-state index contributed by atoms with van der Waals surface area (Å²) in [7, 11) is 1.67. The second-order valence-corrected chi connectivity index (χ2v) is 4.96. The Kier molecular flexibility index (Phi) is 3.81. The highest BCUT2D eigenvalue weighted by Crippen LogP contribution is 2.35. The van der Waals surface area contributed by atoms with Gasteiger partial charge in [-0.2, -0.15) is 5.10 Å². The molecule has 0 atom stereocenters. The minimum absolute atomic E-state index is 0.754. The molecular formula is C13H17N3OS. The highest BCUT2D eigenvalue weighted by molar-refractivity contribution is 7.99. The molecule has 0 spiro atoms. The number of hydrogen-bond donors (Lipinski definition) is 1. The van der Waals surface area contributed by atoms with E-state index in [1.54, 1.807) is 18.9 Å². The van der Waals surface area contributed by atoms with Crippen LogP contribution in [0.1, 0.15) is 12.6 Å². The van der Waals surface area contributed by atoms with Crippen molar-refractivity contribution in [2.24, 2.45) is 0 Å². The van der Waals surface area contributed by atoms with Gasteiger partial charge >= 0.3 is 0 Å². The van der Waals surface area contributed by atoms with Gasteiger partial charge in [-0.1, -0.05) is 17.8 Å². The molecule has 1 heterocycles. The lowest BCUT2D eigenvalue weighted by atomic mass is 10.3. The van der Waals surface area contributed by atoms with Gasteiger partial charge in [0.1, 0.15) is 10.8 Å². The fourth-order valence-electron chi connectivity index (χ4n) is 1.67. The Morgan fingerprint density at radius 2 is 2.22 bits per heavy atom. The second-order valence-electron chi connectivity index (χ2n) is 3.90. The van der Waals surface area contributed by atoms with Crippen molar-refractivity contribution in [2.75, 3.05) is 12.8 Å². The first kappa shape index (κ1) is 12.8. The van der Waals surface area contributed by atoms with Gasteiger partial charge in [-0.15, -0.1) is 0 Å². The molecule has 2 N–H and O–H groups in total. The van der Waals surface area contributed by atoms with Gasteiger partial charge in [0.15, 0.2) is 0 Å². The molecule has 0 saturated carbocycles. The summed E-state index contributed by atoms with van der Waals surface area (Å²) in [6, 6.07) is 7.92. The van der Waals surface area contributed by atoms with Gasteiger partial charge < -0.3 is 10.5 Å². The van der Waals surface area contributed by atoms with Crippen LogP contribution >= 0.6 is 11.8 Å². The summed E-state index contributed by atoms with van der Waals surface area (Å²) in [5, 5.41) is 5.40. The normalized spacial score (nSPS) is 10.6. The van der Waals surface area contributed by atoms with Crippen molar-refractivity contribution in [3.05, 3.63) is 30.0 Å². The maximum absolute atomic E-state index is 6.06. The summed E-state index contributed by atoms with van der Waals surface area (Å²) >= 11 is 1.61. The van der Waals surface area contributed by atoms with E-state index in [0.29, 0.717) is 0 Å². The first-order chi connectivity index (χ1) is 8.65. The molecule has 0 amide bonds. The van der Waals surface area contributed by atoms with Crippen LogP contribution in [0, 0.1) is 6.92 Å². The average molecular weight is 263 g/mol. The van der Waals surface area contributed by atoms with Crippen LogP contribution in [0.5, 0.6) is 5.75 Å². The number of benzene rings is 1. The van der Waals surface area contributed by atoms with Crippen molar-refractivity contribution in [1.82, 2.24) is 9.78 Å². The number of hydrogen-bond acceptors (Lipinski definition) is 4. The van der Waals surface area contributed by atoms with Crippen molar-refractivity contribution >= 4 is 17.4 Å². The number of nitrogens with zero attached hydrogens (tertiary/aromatic N) is 2. The number of nitrogen functional groups attached to an aromatic ring is 1. The zero-order chi connectivity index (χ0) is 13.1. The van der Waals surface area contributed by atoms with Gasteiger partial charge in [0.2, 0.25) is 0 Å². The highest BCUT2D eigenvalue weighted by Gasteiger charge is 2.13. The molecule has 1 aromatic heterocycles. The fraction of sp³-hybridized carbons (Fsp3) is 0.308. The summed E-state index contributed by atoms with van der Waals surface area (Å²) in [5.41, 5.74) is 7.69. The molecule has 4 nitrogen and oxygen atoms in total. The number of methoxy groups -OCH3 is 1. The van der Waals surface area contributed by atoms with E-state index in [1.165, 1.54) is 0 Å². The van der Waals surface area contributed by atoms with Crippen LogP contribution in [0.2, 0.25) is 0 Å². The fourth-order valence-corrected chi connectivity index (χ4v) is 2.75. The van der Waals surface area contributed by atoms with E-state index in [-0.39, 0.29) is 0 Å². The largest absolute Gasteiger partial charge is 0.497 e. The second kappa shape index (κ2) is 5.35. The van der Waals surface area contributed by atoms with E-state index in [2.05, 4.69) is 12.0 Å². The molecule has 0 radical (unpaired) electrons. The Hall–Kier alpha value is -1.62. The summed E-state index contributed by atoms with van der Waals surface area (Å²) in [6.07, 6.45) is 0. The lowest BCUT2D eigenvalue weighted by Crippen LogP contribution is -1.99. The molecule has 0 bridgehead atoms. The van der Waals surface area contributed by atoms with Gasteiger partial charge in [0.25, 0.3) is 0 Å². The van der Waals surface area contributed by atoms with Crippen molar-refractivity contribution in [1.29, 1.82) is 0 Å². The summed E-state index contributed by atoms with van der Waals surface area (Å²) < 4.78 is 7.14. The van der Waals surface area contributed by atoms with E-state index in [0.717, 1.165) is 33.6 Å². The predicted molar refractivity (Wildman–Crippen MR) is 74.2 cm³/mol. The number of ether oxygens (including phenoxy) is 1. The molecule has 2 aromatic rings. The molecule has 5 heteroatoms. The molecule has 0 saturated heterocycles. The highest BCUT2D eigenvalue weighted by atomic mass is 32.2. The molecular weight excluding hydrogens is 246 g/mol. The quantitative estimate of drug-likeness (QED) is 0.921. The van der Waals surface area contributed by atoms with E-state index in [4.69, 9.17) is 10.5 Å². The summed E-state index contributed by atoms with van der Waals surface area (Å²) in [5.74, 6) is 0.845. The summed E-state index contributed by atoms with van der Waals surface area (Å²) in [6.45, 7) is 4.79. The van der Waals surface area contributed by atoms with Gasteiger partial charge in [0.05, 0.1) is 18.5 Å². The Balaban J connectivity index is 2.33. The number of nitrogens with two attached hydrogens (primary N) is 1. The molecule has 96 valence electrons. The van der Waals surface area contributed by atoms with E-state index in [1.807, 2.05) is 35.9 Å². The number of aromatic nitrogens is 2. The zero-order valence-corrected chi connectivity index (χ0v) is 11.6. The Morgan fingerprint density at radius 3 is 2.89 bits per heavy atom. The minimum atomic E-state index is 0.754. The molecule has 0 aliphatic carbocycles. The zero-order valence-electron chi connectivity index (χ0n) is 10.8. The first-order valence-corrected chi connectivity index (χ1v) is 6.62. The lowest BCUT2D eigenvalue weighted by Gasteiger charge is -2.06. The third-order valence-electron chi connectivity index (χ3n) is 2.68. The molecule has 1 aromatic carbocycles. The predicted octanol–water partition coefficient (Wildman–Crippen LogP) is 2.95. The van der Waals surface area contributed by atoms with Crippen LogP contribution in [0.15, 0.2) is 34.2 Å². The molecule has 18 heavy (non-hydrogen) atoms. The maximum atomic E-state index is 6.06. The number of rotatable bonds is 4. The van der Waals surface area contributed by atoms with Crippen molar-refractivity contribution in [3.63, 3.8) is 0 Å². The van der Waals surface area contributed by atoms with Crippen molar-refractivity contribution in [2.45, 2.75) is 30.3 Å². The van der Waals surface area contributed by atoms with E-state index in [9.17, 15) is 0 Å². The molecule has 0 unspecified atom stereocenters. The molecule has 0 aliphatic rings. The topological polar surface area (TPSA) is 53.1 Å². The van der Waals surface area contributed by atoms with E-state index >= 15 is 0 Å².